The van der Waals surface area contributed by atoms with Gasteiger partial charge in [-0.15, -0.1) is 0 Å². The summed E-state index contributed by atoms with van der Waals surface area (Å²) in [6.07, 6.45) is 3.45. The van der Waals surface area contributed by atoms with Crippen molar-refractivity contribution in [3.05, 3.63) is 43.6 Å². The van der Waals surface area contributed by atoms with E-state index in [-0.39, 0.29) is 19.6 Å². The Labute approximate surface area is 132 Å². The first-order valence-corrected chi connectivity index (χ1v) is 7.62. The predicted molar refractivity (Wildman–Crippen MR) is 82.8 cm³/mol. The molecule has 2 aliphatic heterocycles. The summed E-state index contributed by atoms with van der Waals surface area (Å²) in [5.41, 5.74) is -2.83. The lowest BCUT2D eigenvalue weighted by Crippen LogP contribution is -2.56. The Balaban J connectivity index is 2.13. The third kappa shape index (κ3) is 3.09. The Morgan fingerprint density at radius 2 is 1.30 bits per heavy atom. The van der Waals surface area contributed by atoms with E-state index < -0.39 is 28.3 Å². The summed E-state index contributed by atoms with van der Waals surface area (Å²) >= 11 is 0. The Hall–Kier alpha value is -1.93. The van der Waals surface area contributed by atoms with Crippen LogP contribution < -0.4 is 17.1 Å². The fourth-order valence-electron chi connectivity index (χ4n) is 2.42. The third-order valence-electron chi connectivity index (χ3n) is 4.17. The molecule has 2 saturated heterocycles. The average molecular weight is 323 g/mol. The van der Waals surface area contributed by atoms with Gasteiger partial charge in [0.25, 0.3) is 0 Å². The zero-order valence-electron chi connectivity index (χ0n) is 13.6. The molecule has 0 aliphatic carbocycles. The van der Waals surface area contributed by atoms with Gasteiger partial charge in [-0.3, -0.25) is 0 Å². The third-order valence-corrected chi connectivity index (χ3v) is 4.17. The van der Waals surface area contributed by atoms with Gasteiger partial charge in [-0.2, -0.15) is 0 Å². The van der Waals surface area contributed by atoms with E-state index in [1.165, 1.54) is 0 Å². The number of allylic oxidation sites excluding steroid dienone is 2. The van der Waals surface area contributed by atoms with Gasteiger partial charge < -0.3 is 9.47 Å². The molecule has 0 N–H and O–H groups in total. The highest BCUT2D eigenvalue weighted by Gasteiger charge is 2.43. The van der Waals surface area contributed by atoms with Crippen molar-refractivity contribution in [1.29, 1.82) is 0 Å². The molecule has 126 valence electrons. The molecule has 0 saturated carbocycles. The number of rotatable bonds is 6. The van der Waals surface area contributed by atoms with Gasteiger partial charge in [-0.05, 0) is 20.8 Å². The van der Waals surface area contributed by atoms with Gasteiger partial charge in [-0.1, -0.05) is 12.2 Å². The van der Waals surface area contributed by atoms with E-state index in [0.29, 0.717) is 13.2 Å². The van der Waals surface area contributed by atoms with Crippen molar-refractivity contribution >= 4 is 0 Å². The Morgan fingerprint density at radius 3 is 1.65 bits per heavy atom. The van der Waals surface area contributed by atoms with Crippen LogP contribution in [0, 0.1) is 0 Å². The highest BCUT2D eigenvalue weighted by atomic mass is 16.6. The molecule has 2 unspecified atom stereocenters. The van der Waals surface area contributed by atoms with Gasteiger partial charge in [0.1, 0.15) is 11.2 Å². The smallest absolute Gasteiger partial charge is 0.336 e. The minimum absolute atomic E-state index is 0.129. The van der Waals surface area contributed by atoms with E-state index in [1.807, 2.05) is 13.8 Å². The molecular weight excluding hydrogens is 302 g/mol. The van der Waals surface area contributed by atoms with E-state index in [4.69, 9.17) is 9.47 Å². The van der Waals surface area contributed by atoms with Crippen LogP contribution in [0.1, 0.15) is 20.8 Å². The number of epoxide rings is 2. The molecule has 1 aromatic heterocycles. The van der Waals surface area contributed by atoms with Crippen LogP contribution in [-0.2, 0) is 29.1 Å². The Kier molecular flexibility index (Phi) is 3.68. The average Bonchev–Trinajstić information content (AvgIpc) is 3.41. The molecule has 3 rings (SSSR count). The van der Waals surface area contributed by atoms with Crippen LogP contribution in [0.3, 0.4) is 0 Å². The largest absolute Gasteiger partial charge is 0.368 e. The SMILES string of the molecule is C/C=C/Cn1c(=O)n(CC2(C)CO2)c(=O)n(CC2(C)CO2)c1=O. The topological polar surface area (TPSA) is 91.1 Å². The first kappa shape index (κ1) is 15.9. The molecule has 8 heteroatoms. The number of hydrogen-bond donors (Lipinski definition) is 0. The second kappa shape index (κ2) is 5.31. The lowest BCUT2D eigenvalue weighted by atomic mass is 10.2. The summed E-state index contributed by atoms with van der Waals surface area (Å²) < 4.78 is 13.8. The van der Waals surface area contributed by atoms with Crippen molar-refractivity contribution in [3.63, 3.8) is 0 Å². The van der Waals surface area contributed by atoms with Crippen LogP contribution >= 0.6 is 0 Å². The van der Waals surface area contributed by atoms with E-state index >= 15 is 0 Å². The molecule has 0 bridgehead atoms. The monoisotopic (exact) mass is 323 g/mol. The molecule has 2 atom stereocenters. The van der Waals surface area contributed by atoms with Gasteiger partial charge in [0.05, 0.1) is 32.8 Å². The van der Waals surface area contributed by atoms with Gasteiger partial charge in [-0.25, -0.2) is 28.1 Å². The lowest BCUT2D eigenvalue weighted by molar-refractivity contribution is 0.262. The predicted octanol–water partition coefficient (Wildman–Crippen LogP) is -0.674. The van der Waals surface area contributed by atoms with Crippen molar-refractivity contribution in [3.8, 4) is 0 Å². The molecule has 23 heavy (non-hydrogen) atoms. The number of nitrogens with zero attached hydrogens (tertiary/aromatic N) is 3. The lowest BCUT2D eigenvalue weighted by Gasteiger charge is -2.15. The van der Waals surface area contributed by atoms with Crippen LogP contribution in [0.5, 0.6) is 0 Å². The van der Waals surface area contributed by atoms with Crippen LogP contribution in [0.2, 0.25) is 0 Å². The maximum atomic E-state index is 12.6. The minimum Gasteiger partial charge on any atom is -0.368 e. The highest BCUT2D eigenvalue weighted by molar-refractivity contribution is 4.94. The van der Waals surface area contributed by atoms with Crippen molar-refractivity contribution < 1.29 is 9.47 Å². The molecule has 3 heterocycles. The highest BCUT2D eigenvalue weighted by Crippen LogP contribution is 2.27. The minimum atomic E-state index is -0.606. The zero-order valence-corrected chi connectivity index (χ0v) is 13.6. The fraction of sp³-hybridized carbons (Fsp3) is 0.667. The first-order valence-electron chi connectivity index (χ1n) is 7.62. The van der Waals surface area contributed by atoms with Crippen molar-refractivity contribution in [1.82, 2.24) is 13.7 Å². The molecule has 1 aromatic rings. The maximum Gasteiger partial charge on any atom is 0.336 e. The van der Waals surface area contributed by atoms with Crippen molar-refractivity contribution in [2.24, 2.45) is 0 Å². The van der Waals surface area contributed by atoms with Crippen LogP contribution in [-0.4, -0.2) is 38.1 Å². The second-order valence-corrected chi connectivity index (χ2v) is 6.68. The van der Waals surface area contributed by atoms with Crippen molar-refractivity contribution in [2.45, 2.75) is 51.6 Å². The Bertz CT molecular complexity index is 763. The van der Waals surface area contributed by atoms with E-state index in [9.17, 15) is 14.4 Å². The zero-order chi connectivity index (χ0) is 16.8. The van der Waals surface area contributed by atoms with Crippen LogP contribution in [0.15, 0.2) is 26.5 Å². The standard InChI is InChI=1S/C15H21N3O5/c1-4-5-6-16-11(19)17(7-14(2)9-22-14)13(21)18(12(16)20)8-15(3)10-23-15/h4-5H,6-10H2,1-3H3/b5-4+. The van der Waals surface area contributed by atoms with Crippen molar-refractivity contribution in [2.75, 3.05) is 13.2 Å². The maximum absolute atomic E-state index is 12.6. The van der Waals surface area contributed by atoms with Gasteiger partial charge >= 0.3 is 17.1 Å². The Morgan fingerprint density at radius 1 is 0.913 bits per heavy atom. The summed E-state index contributed by atoms with van der Waals surface area (Å²) in [5.74, 6) is 0. The summed E-state index contributed by atoms with van der Waals surface area (Å²) in [6, 6.07) is 0. The molecule has 8 nitrogen and oxygen atoms in total. The van der Waals surface area contributed by atoms with E-state index in [2.05, 4.69) is 0 Å². The number of aromatic nitrogens is 3. The van der Waals surface area contributed by atoms with E-state index in [0.717, 1.165) is 13.7 Å². The van der Waals surface area contributed by atoms with Crippen LogP contribution in [0.25, 0.3) is 0 Å². The summed E-state index contributed by atoms with van der Waals surface area (Å²) in [4.78, 5) is 37.7. The molecule has 0 radical (unpaired) electrons. The van der Waals surface area contributed by atoms with Gasteiger partial charge in [0.15, 0.2) is 0 Å². The van der Waals surface area contributed by atoms with Crippen LogP contribution in [0.4, 0.5) is 0 Å². The summed E-state index contributed by atoms with van der Waals surface area (Å²) in [6.45, 7) is 6.85. The molecule has 2 aliphatic rings. The second-order valence-electron chi connectivity index (χ2n) is 6.68. The van der Waals surface area contributed by atoms with Gasteiger partial charge in [0.2, 0.25) is 0 Å². The first-order chi connectivity index (χ1) is 10.8. The molecule has 2 fully saturated rings. The normalized spacial score (nSPS) is 29.2. The summed E-state index contributed by atoms with van der Waals surface area (Å²) in [5, 5.41) is 0. The fourth-order valence-corrected chi connectivity index (χ4v) is 2.42. The quantitative estimate of drug-likeness (QED) is 0.511. The molecule has 0 spiro atoms. The molecule has 0 aromatic carbocycles. The molecular formula is C15H21N3O5. The van der Waals surface area contributed by atoms with Gasteiger partial charge in [0, 0.05) is 0 Å². The van der Waals surface area contributed by atoms with E-state index in [1.54, 1.807) is 19.1 Å². The number of hydrogen-bond acceptors (Lipinski definition) is 5. The molecule has 0 amide bonds. The number of ether oxygens (including phenoxy) is 2. The summed E-state index contributed by atoms with van der Waals surface area (Å²) in [7, 11) is 0.